The summed E-state index contributed by atoms with van der Waals surface area (Å²) in [6, 6.07) is 9.42. The molecule has 156 valence electrons. The van der Waals surface area contributed by atoms with Gasteiger partial charge in [-0.2, -0.15) is 5.10 Å². The van der Waals surface area contributed by atoms with E-state index in [-0.39, 0.29) is 12.1 Å². The van der Waals surface area contributed by atoms with Crippen molar-refractivity contribution in [3.8, 4) is 5.69 Å². The first-order valence-corrected chi connectivity index (χ1v) is 9.80. The average Bonchev–Trinajstić information content (AvgIpc) is 2.99. The number of rotatable bonds is 2. The van der Waals surface area contributed by atoms with E-state index in [1.807, 2.05) is 69.6 Å². The number of ether oxygens (including phenoxy) is 1. The quantitative estimate of drug-likeness (QED) is 0.837. The molecular formula is C21H29N5O3. The summed E-state index contributed by atoms with van der Waals surface area (Å²) in [4.78, 5) is 28.2. The van der Waals surface area contributed by atoms with Gasteiger partial charge in [0.15, 0.2) is 0 Å². The Morgan fingerprint density at radius 1 is 1.03 bits per heavy atom. The minimum Gasteiger partial charge on any atom is -0.444 e. The standard InChI is InChI=1S/C21H29N5O3/c1-15-13-16(2)26(23-15)18-8-6-7-17(14-18)22-19(27)24-9-11-25(12-10-24)20(28)29-21(3,4)5/h6-8,13-14H,9-12H2,1-5H3,(H,22,27). The van der Waals surface area contributed by atoms with Crippen molar-refractivity contribution >= 4 is 17.8 Å². The van der Waals surface area contributed by atoms with Crippen molar-refractivity contribution in [1.29, 1.82) is 0 Å². The summed E-state index contributed by atoms with van der Waals surface area (Å²) in [6.45, 7) is 11.3. The lowest BCUT2D eigenvalue weighted by Gasteiger charge is -2.35. The molecule has 8 heteroatoms. The zero-order chi connectivity index (χ0) is 21.2. The molecular weight excluding hydrogens is 370 g/mol. The lowest BCUT2D eigenvalue weighted by Crippen LogP contribution is -2.52. The molecule has 3 amide bonds. The van der Waals surface area contributed by atoms with Gasteiger partial charge in [0.2, 0.25) is 0 Å². The van der Waals surface area contributed by atoms with Crippen LogP contribution in [0.25, 0.3) is 5.69 Å². The number of carbonyl (C=O) groups is 2. The first kappa shape index (κ1) is 20.7. The number of urea groups is 1. The molecule has 1 aliphatic heterocycles. The van der Waals surface area contributed by atoms with Gasteiger partial charge < -0.3 is 19.9 Å². The number of aromatic nitrogens is 2. The zero-order valence-electron chi connectivity index (χ0n) is 17.7. The van der Waals surface area contributed by atoms with Crippen LogP contribution in [0, 0.1) is 13.8 Å². The van der Waals surface area contributed by atoms with Crippen LogP contribution >= 0.6 is 0 Å². The van der Waals surface area contributed by atoms with Crippen LogP contribution in [0.2, 0.25) is 0 Å². The topological polar surface area (TPSA) is 79.7 Å². The van der Waals surface area contributed by atoms with E-state index in [0.717, 1.165) is 17.1 Å². The van der Waals surface area contributed by atoms with Gasteiger partial charge in [0.1, 0.15) is 5.60 Å². The smallest absolute Gasteiger partial charge is 0.410 e. The van der Waals surface area contributed by atoms with E-state index in [1.165, 1.54) is 0 Å². The third kappa shape index (κ3) is 5.28. The molecule has 3 rings (SSSR count). The van der Waals surface area contributed by atoms with Crippen LogP contribution in [0.15, 0.2) is 30.3 Å². The first-order chi connectivity index (χ1) is 13.6. The summed E-state index contributed by atoms with van der Waals surface area (Å²) in [5.41, 5.74) is 3.05. The third-order valence-corrected chi connectivity index (χ3v) is 4.57. The second kappa shape index (κ2) is 8.14. The molecule has 2 heterocycles. The summed E-state index contributed by atoms with van der Waals surface area (Å²) in [5.74, 6) is 0. The molecule has 1 N–H and O–H groups in total. The summed E-state index contributed by atoms with van der Waals surface area (Å²) in [7, 11) is 0. The summed E-state index contributed by atoms with van der Waals surface area (Å²) < 4.78 is 7.25. The van der Waals surface area contributed by atoms with E-state index in [2.05, 4.69) is 10.4 Å². The second-order valence-electron chi connectivity index (χ2n) is 8.27. The van der Waals surface area contributed by atoms with Crippen LogP contribution in [-0.4, -0.2) is 63.5 Å². The number of nitrogens with one attached hydrogen (secondary N) is 1. The number of hydrogen-bond donors (Lipinski definition) is 1. The maximum atomic E-state index is 12.6. The number of hydrogen-bond acceptors (Lipinski definition) is 4. The Bertz CT molecular complexity index is 892. The molecule has 0 bridgehead atoms. The predicted octanol–water partition coefficient (Wildman–Crippen LogP) is 3.57. The molecule has 1 aromatic carbocycles. The van der Waals surface area contributed by atoms with Crippen molar-refractivity contribution in [2.45, 2.75) is 40.2 Å². The molecule has 1 saturated heterocycles. The first-order valence-electron chi connectivity index (χ1n) is 9.80. The minimum absolute atomic E-state index is 0.181. The highest BCUT2D eigenvalue weighted by Crippen LogP contribution is 2.18. The highest BCUT2D eigenvalue weighted by atomic mass is 16.6. The maximum Gasteiger partial charge on any atom is 0.410 e. The molecule has 0 radical (unpaired) electrons. The molecule has 8 nitrogen and oxygen atoms in total. The van der Waals surface area contributed by atoms with Crippen molar-refractivity contribution in [1.82, 2.24) is 19.6 Å². The molecule has 29 heavy (non-hydrogen) atoms. The number of benzene rings is 1. The normalized spacial score (nSPS) is 14.7. The summed E-state index contributed by atoms with van der Waals surface area (Å²) in [5, 5.41) is 7.43. The van der Waals surface area contributed by atoms with Crippen molar-refractivity contribution in [3.05, 3.63) is 41.7 Å². The fourth-order valence-corrected chi connectivity index (χ4v) is 3.23. The Morgan fingerprint density at radius 3 is 2.28 bits per heavy atom. The SMILES string of the molecule is Cc1cc(C)n(-c2cccc(NC(=O)N3CCN(C(=O)OC(C)(C)C)CC3)c2)n1. The van der Waals surface area contributed by atoms with Gasteiger partial charge in [-0.1, -0.05) is 6.07 Å². The summed E-state index contributed by atoms with van der Waals surface area (Å²) >= 11 is 0. The fourth-order valence-electron chi connectivity index (χ4n) is 3.23. The van der Waals surface area contributed by atoms with Crippen LogP contribution in [-0.2, 0) is 4.74 Å². The van der Waals surface area contributed by atoms with Crippen LogP contribution in [0.3, 0.4) is 0 Å². The van der Waals surface area contributed by atoms with E-state index in [9.17, 15) is 9.59 Å². The van der Waals surface area contributed by atoms with Gasteiger partial charge in [0, 0.05) is 37.6 Å². The van der Waals surface area contributed by atoms with E-state index in [4.69, 9.17) is 4.74 Å². The van der Waals surface area contributed by atoms with Gasteiger partial charge in [0.25, 0.3) is 0 Å². The Kier molecular flexibility index (Phi) is 5.81. The predicted molar refractivity (Wildman–Crippen MR) is 111 cm³/mol. The van der Waals surface area contributed by atoms with Crippen molar-refractivity contribution < 1.29 is 14.3 Å². The van der Waals surface area contributed by atoms with E-state index < -0.39 is 5.60 Å². The number of nitrogens with zero attached hydrogens (tertiary/aromatic N) is 4. The molecule has 0 atom stereocenters. The van der Waals surface area contributed by atoms with Gasteiger partial charge in [-0.25, -0.2) is 14.3 Å². The molecule has 0 saturated carbocycles. The highest BCUT2D eigenvalue weighted by molar-refractivity contribution is 5.89. The van der Waals surface area contributed by atoms with Gasteiger partial charge >= 0.3 is 12.1 Å². The molecule has 1 fully saturated rings. The number of amides is 3. The number of piperazine rings is 1. The van der Waals surface area contributed by atoms with Gasteiger partial charge in [-0.15, -0.1) is 0 Å². The van der Waals surface area contributed by atoms with Crippen LogP contribution < -0.4 is 5.32 Å². The molecule has 0 unspecified atom stereocenters. The Labute approximate surface area is 171 Å². The van der Waals surface area contributed by atoms with Crippen LogP contribution in [0.1, 0.15) is 32.2 Å². The zero-order valence-corrected chi connectivity index (χ0v) is 17.7. The maximum absolute atomic E-state index is 12.6. The Hall–Kier alpha value is -3.03. The van der Waals surface area contributed by atoms with Crippen LogP contribution in [0.4, 0.5) is 15.3 Å². The number of carbonyl (C=O) groups excluding carboxylic acids is 2. The largest absolute Gasteiger partial charge is 0.444 e. The number of aryl methyl sites for hydroxylation is 2. The molecule has 2 aromatic rings. The monoisotopic (exact) mass is 399 g/mol. The van der Waals surface area contributed by atoms with E-state index >= 15 is 0 Å². The Balaban J connectivity index is 1.58. The van der Waals surface area contributed by atoms with Crippen molar-refractivity contribution in [2.24, 2.45) is 0 Å². The lowest BCUT2D eigenvalue weighted by atomic mass is 10.2. The molecule has 1 aliphatic rings. The third-order valence-electron chi connectivity index (χ3n) is 4.57. The number of anilines is 1. The summed E-state index contributed by atoms with van der Waals surface area (Å²) in [6.07, 6.45) is -0.338. The van der Waals surface area contributed by atoms with E-state index in [0.29, 0.717) is 31.9 Å². The van der Waals surface area contributed by atoms with Crippen LogP contribution in [0.5, 0.6) is 0 Å². The lowest BCUT2D eigenvalue weighted by molar-refractivity contribution is 0.0174. The fraction of sp³-hybridized carbons (Fsp3) is 0.476. The second-order valence-corrected chi connectivity index (χ2v) is 8.27. The van der Waals surface area contributed by atoms with Crippen molar-refractivity contribution in [2.75, 3.05) is 31.5 Å². The minimum atomic E-state index is -0.526. The Morgan fingerprint density at radius 2 is 1.69 bits per heavy atom. The molecule has 0 aliphatic carbocycles. The average molecular weight is 399 g/mol. The van der Waals surface area contributed by atoms with Gasteiger partial charge in [-0.05, 0) is 58.9 Å². The van der Waals surface area contributed by atoms with Gasteiger partial charge in [-0.3, -0.25) is 0 Å². The van der Waals surface area contributed by atoms with Crippen molar-refractivity contribution in [3.63, 3.8) is 0 Å². The van der Waals surface area contributed by atoms with E-state index in [1.54, 1.807) is 9.80 Å². The highest BCUT2D eigenvalue weighted by Gasteiger charge is 2.27. The van der Waals surface area contributed by atoms with Gasteiger partial charge in [0.05, 0.1) is 11.4 Å². The molecule has 1 aromatic heterocycles. The molecule has 0 spiro atoms.